The molecule has 0 heterocycles. The van der Waals surface area contributed by atoms with E-state index in [4.69, 9.17) is 4.74 Å². The van der Waals surface area contributed by atoms with E-state index >= 15 is 0 Å². The summed E-state index contributed by atoms with van der Waals surface area (Å²) in [6, 6.07) is 11.6. The topological polar surface area (TPSA) is 52.4 Å². The van der Waals surface area contributed by atoms with Crippen LogP contribution in [0.1, 0.15) is 5.56 Å². The summed E-state index contributed by atoms with van der Waals surface area (Å²) in [7, 11) is 0. The second kappa shape index (κ2) is 5.79. The van der Waals surface area contributed by atoms with E-state index < -0.39 is 16.4 Å². The van der Waals surface area contributed by atoms with Gasteiger partial charge in [-0.05, 0) is 11.6 Å². The van der Waals surface area contributed by atoms with Gasteiger partial charge in [0, 0.05) is 10.5 Å². The molecule has 0 aliphatic heterocycles. The predicted octanol–water partition coefficient (Wildman–Crippen LogP) is 4.08. The van der Waals surface area contributed by atoms with Crippen molar-refractivity contribution in [1.29, 1.82) is 0 Å². The summed E-state index contributed by atoms with van der Waals surface area (Å²) >= 11 is 3.08. The van der Waals surface area contributed by atoms with E-state index in [2.05, 4.69) is 15.9 Å². The zero-order chi connectivity index (χ0) is 13.8. The van der Waals surface area contributed by atoms with E-state index in [0.29, 0.717) is 4.47 Å². The Morgan fingerprint density at radius 3 is 2.58 bits per heavy atom. The lowest BCUT2D eigenvalue weighted by Crippen LogP contribution is -2.01. The molecule has 6 heteroatoms. The van der Waals surface area contributed by atoms with Gasteiger partial charge in [-0.15, -0.1) is 0 Å². The van der Waals surface area contributed by atoms with Crippen molar-refractivity contribution < 1.29 is 14.1 Å². The van der Waals surface area contributed by atoms with Gasteiger partial charge in [-0.25, -0.2) is 0 Å². The average molecular weight is 326 g/mol. The summed E-state index contributed by atoms with van der Waals surface area (Å²) in [5, 5.41) is 10.8. The van der Waals surface area contributed by atoms with Crippen LogP contribution in [0.5, 0.6) is 5.75 Å². The Hall–Kier alpha value is -1.95. The average Bonchev–Trinajstić information content (AvgIpc) is 2.36. The van der Waals surface area contributed by atoms with Gasteiger partial charge in [0.25, 0.3) is 0 Å². The molecule has 2 aromatic carbocycles. The monoisotopic (exact) mass is 325 g/mol. The van der Waals surface area contributed by atoms with Crippen molar-refractivity contribution >= 4 is 21.6 Å². The van der Waals surface area contributed by atoms with Crippen molar-refractivity contribution in [2.45, 2.75) is 6.61 Å². The van der Waals surface area contributed by atoms with Gasteiger partial charge in [-0.1, -0.05) is 46.3 Å². The zero-order valence-electron chi connectivity index (χ0n) is 9.68. The Labute approximate surface area is 117 Å². The quantitative estimate of drug-likeness (QED) is 0.628. The van der Waals surface area contributed by atoms with Crippen LogP contribution in [-0.2, 0) is 6.61 Å². The lowest BCUT2D eigenvalue weighted by molar-refractivity contribution is -0.388. The largest absolute Gasteiger partial charge is 0.482 e. The van der Waals surface area contributed by atoms with Gasteiger partial charge < -0.3 is 4.74 Å². The number of rotatable bonds is 4. The third-order valence-electron chi connectivity index (χ3n) is 2.41. The number of halogens is 2. The fourth-order valence-corrected chi connectivity index (χ4v) is 1.97. The Kier molecular flexibility index (Phi) is 4.11. The molecule has 0 spiro atoms. The maximum Gasteiger partial charge on any atom is 0.346 e. The van der Waals surface area contributed by atoms with E-state index in [-0.39, 0.29) is 12.4 Å². The van der Waals surface area contributed by atoms with Crippen molar-refractivity contribution in [3.8, 4) is 5.75 Å². The standard InChI is InChI=1S/C13H9BrFNO3/c14-10-6-11(15)13(16(17)18)12(7-10)19-8-9-4-2-1-3-5-9/h1-7H,8H2. The van der Waals surface area contributed by atoms with Gasteiger partial charge in [0.1, 0.15) is 6.61 Å². The number of nitrogens with zero attached hydrogens (tertiary/aromatic N) is 1. The maximum absolute atomic E-state index is 13.5. The summed E-state index contributed by atoms with van der Waals surface area (Å²) in [5.74, 6) is -1.02. The summed E-state index contributed by atoms with van der Waals surface area (Å²) in [6.07, 6.45) is 0. The minimum absolute atomic E-state index is 0.0965. The molecule has 0 saturated carbocycles. The van der Waals surface area contributed by atoms with Crippen molar-refractivity contribution in [2.75, 3.05) is 0 Å². The number of nitro benzene ring substituents is 1. The van der Waals surface area contributed by atoms with Gasteiger partial charge in [0.05, 0.1) is 4.92 Å². The summed E-state index contributed by atoms with van der Waals surface area (Å²) in [6.45, 7) is 0.136. The summed E-state index contributed by atoms with van der Waals surface area (Å²) in [4.78, 5) is 10.0. The Morgan fingerprint density at radius 2 is 1.95 bits per heavy atom. The smallest absolute Gasteiger partial charge is 0.346 e. The molecule has 19 heavy (non-hydrogen) atoms. The van der Waals surface area contributed by atoms with Crippen LogP contribution in [-0.4, -0.2) is 4.92 Å². The van der Waals surface area contributed by atoms with Crippen LogP contribution in [0.25, 0.3) is 0 Å². The van der Waals surface area contributed by atoms with Crippen LogP contribution in [0.2, 0.25) is 0 Å². The number of hydrogen-bond donors (Lipinski definition) is 0. The molecule has 0 N–H and O–H groups in total. The third kappa shape index (κ3) is 3.29. The summed E-state index contributed by atoms with van der Waals surface area (Å²) < 4.78 is 19.3. The molecule has 0 aromatic heterocycles. The second-order valence-electron chi connectivity index (χ2n) is 3.77. The lowest BCUT2D eigenvalue weighted by atomic mass is 10.2. The lowest BCUT2D eigenvalue weighted by Gasteiger charge is -2.08. The fourth-order valence-electron chi connectivity index (χ4n) is 1.56. The highest BCUT2D eigenvalue weighted by atomic mass is 79.9. The molecule has 0 saturated heterocycles. The molecule has 0 aliphatic rings. The Morgan fingerprint density at radius 1 is 1.26 bits per heavy atom. The van der Waals surface area contributed by atoms with Crippen molar-refractivity contribution in [3.05, 3.63) is 68.4 Å². The molecule has 0 amide bonds. The summed E-state index contributed by atoms with van der Waals surface area (Å²) in [5.41, 5.74) is 0.191. The molecule has 4 nitrogen and oxygen atoms in total. The molecule has 0 radical (unpaired) electrons. The molecular weight excluding hydrogens is 317 g/mol. The molecule has 0 atom stereocenters. The van der Waals surface area contributed by atoms with Crippen LogP contribution < -0.4 is 4.74 Å². The van der Waals surface area contributed by atoms with Crippen LogP contribution in [0, 0.1) is 15.9 Å². The number of ether oxygens (including phenoxy) is 1. The fraction of sp³-hybridized carbons (Fsp3) is 0.0769. The molecule has 0 unspecified atom stereocenters. The van der Waals surface area contributed by atoms with Gasteiger partial charge in [0.2, 0.25) is 11.6 Å². The first-order valence-corrected chi connectivity index (χ1v) is 6.17. The maximum atomic E-state index is 13.5. The van der Waals surface area contributed by atoms with Crippen LogP contribution in [0.3, 0.4) is 0 Å². The van der Waals surface area contributed by atoms with Gasteiger partial charge in [-0.3, -0.25) is 10.1 Å². The molecular formula is C13H9BrFNO3. The third-order valence-corrected chi connectivity index (χ3v) is 2.87. The van der Waals surface area contributed by atoms with E-state index in [0.717, 1.165) is 11.6 Å². The van der Waals surface area contributed by atoms with E-state index in [1.807, 2.05) is 30.3 Å². The van der Waals surface area contributed by atoms with Gasteiger partial charge in [-0.2, -0.15) is 4.39 Å². The van der Waals surface area contributed by atoms with Crippen molar-refractivity contribution in [3.63, 3.8) is 0 Å². The number of benzene rings is 2. The van der Waals surface area contributed by atoms with E-state index in [1.54, 1.807) is 0 Å². The van der Waals surface area contributed by atoms with E-state index in [9.17, 15) is 14.5 Å². The molecule has 0 aliphatic carbocycles. The Balaban J connectivity index is 2.27. The Bertz CT molecular complexity index is 604. The van der Waals surface area contributed by atoms with Crippen molar-refractivity contribution in [1.82, 2.24) is 0 Å². The molecule has 0 bridgehead atoms. The zero-order valence-corrected chi connectivity index (χ0v) is 11.3. The minimum atomic E-state index is -0.928. The highest BCUT2D eigenvalue weighted by Crippen LogP contribution is 2.33. The molecule has 98 valence electrons. The van der Waals surface area contributed by atoms with Crippen LogP contribution >= 0.6 is 15.9 Å². The number of hydrogen-bond acceptors (Lipinski definition) is 3. The SMILES string of the molecule is O=[N+]([O-])c1c(F)cc(Br)cc1OCc1ccccc1. The van der Waals surface area contributed by atoms with E-state index in [1.165, 1.54) is 6.07 Å². The van der Waals surface area contributed by atoms with Crippen molar-refractivity contribution in [2.24, 2.45) is 0 Å². The second-order valence-corrected chi connectivity index (χ2v) is 4.68. The molecule has 2 aromatic rings. The first kappa shape index (κ1) is 13.5. The predicted molar refractivity (Wildman–Crippen MR) is 71.5 cm³/mol. The van der Waals surface area contributed by atoms with Crippen LogP contribution in [0.4, 0.5) is 10.1 Å². The van der Waals surface area contributed by atoms with Crippen LogP contribution in [0.15, 0.2) is 46.9 Å². The normalized spacial score (nSPS) is 10.2. The highest BCUT2D eigenvalue weighted by molar-refractivity contribution is 9.10. The number of nitro groups is 1. The minimum Gasteiger partial charge on any atom is -0.482 e. The first-order chi connectivity index (χ1) is 9.08. The molecule has 2 rings (SSSR count). The van der Waals surface area contributed by atoms with Gasteiger partial charge in [0.15, 0.2) is 0 Å². The first-order valence-electron chi connectivity index (χ1n) is 5.38. The highest BCUT2D eigenvalue weighted by Gasteiger charge is 2.22. The molecule has 0 fully saturated rings. The van der Waals surface area contributed by atoms with Gasteiger partial charge >= 0.3 is 5.69 Å².